The van der Waals surface area contributed by atoms with Crippen molar-refractivity contribution in [3.05, 3.63) is 29.8 Å². The van der Waals surface area contributed by atoms with Crippen molar-refractivity contribution in [1.29, 1.82) is 0 Å². The third-order valence-corrected chi connectivity index (χ3v) is 3.74. The highest BCUT2D eigenvalue weighted by molar-refractivity contribution is 5.93. The molecule has 0 saturated carbocycles. The Bertz CT molecular complexity index is 487. The van der Waals surface area contributed by atoms with Gasteiger partial charge in [-0.2, -0.15) is 4.99 Å². The summed E-state index contributed by atoms with van der Waals surface area (Å²) in [6.07, 6.45) is 11.9. The summed E-state index contributed by atoms with van der Waals surface area (Å²) in [4.78, 5) is 7.82. The molecule has 0 spiro atoms. The standard InChI is InChI=1S/C18H31N5/c1-2-3-4-5-6-7-8-9-10-15-11-13-16(14-12-15)22-18(21)23-17(19)20/h11-14H,2-10H2,1H3,(H6,19,20,21,22,23). The van der Waals surface area contributed by atoms with Gasteiger partial charge in [-0.3, -0.25) is 0 Å². The highest BCUT2D eigenvalue weighted by atomic mass is 15.1. The van der Waals surface area contributed by atoms with Crippen molar-refractivity contribution in [2.45, 2.75) is 64.7 Å². The minimum atomic E-state index is -0.0856. The van der Waals surface area contributed by atoms with E-state index in [0.29, 0.717) is 0 Å². The average molecular weight is 317 g/mol. The predicted molar refractivity (Wildman–Crippen MR) is 99.8 cm³/mol. The van der Waals surface area contributed by atoms with Crippen LogP contribution in [0.1, 0.15) is 63.9 Å². The molecule has 0 amide bonds. The Morgan fingerprint density at radius 3 is 1.96 bits per heavy atom. The van der Waals surface area contributed by atoms with Crippen LogP contribution in [-0.2, 0) is 6.42 Å². The summed E-state index contributed by atoms with van der Waals surface area (Å²) in [5.41, 5.74) is 18.2. The lowest BCUT2D eigenvalue weighted by atomic mass is 10.0. The lowest BCUT2D eigenvalue weighted by Crippen LogP contribution is -2.26. The fourth-order valence-electron chi connectivity index (χ4n) is 2.49. The quantitative estimate of drug-likeness (QED) is 0.349. The van der Waals surface area contributed by atoms with E-state index in [4.69, 9.17) is 17.2 Å². The summed E-state index contributed by atoms with van der Waals surface area (Å²) >= 11 is 0. The zero-order chi connectivity index (χ0) is 16.9. The van der Waals surface area contributed by atoms with E-state index < -0.39 is 0 Å². The molecule has 128 valence electrons. The van der Waals surface area contributed by atoms with E-state index in [0.717, 1.165) is 12.1 Å². The molecule has 0 bridgehead atoms. The van der Waals surface area contributed by atoms with Gasteiger partial charge in [-0.05, 0) is 30.5 Å². The van der Waals surface area contributed by atoms with Crippen molar-refractivity contribution in [2.24, 2.45) is 27.2 Å². The van der Waals surface area contributed by atoms with Gasteiger partial charge in [-0.1, -0.05) is 64.0 Å². The van der Waals surface area contributed by atoms with E-state index in [1.165, 1.54) is 56.9 Å². The highest BCUT2D eigenvalue weighted by Gasteiger charge is 1.97. The van der Waals surface area contributed by atoms with Gasteiger partial charge < -0.3 is 17.2 Å². The van der Waals surface area contributed by atoms with Crippen molar-refractivity contribution in [1.82, 2.24) is 0 Å². The number of benzene rings is 1. The monoisotopic (exact) mass is 317 g/mol. The molecule has 0 atom stereocenters. The maximum absolute atomic E-state index is 5.60. The number of nitrogens with two attached hydrogens (primary N) is 3. The van der Waals surface area contributed by atoms with Crippen LogP contribution in [0.3, 0.4) is 0 Å². The Hall–Kier alpha value is -2.04. The summed E-state index contributed by atoms with van der Waals surface area (Å²) in [6, 6.07) is 8.05. The molecular formula is C18H31N5. The van der Waals surface area contributed by atoms with E-state index >= 15 is 0 Å². The Balaban J connectivity index is 2.25. The van der Waals surface area contributed by atoms with Crippen molar-refractivity contribution in [3.63, 3.8) is 0 Å². The molecule has 5 nitrogen and oxygen atoms in total. The second-order valence-corrected chi connectivity index (χ2v) is 5.90. The third kappa shape index (κ3) is 9.55. The number of aryl methyl sites for hydroxylation is 1. The SMILES string of the molecule is CCCCCCCCCCc1ccc(N=C(N)N=C(N)N)cc1. The molecular weight excluding hydrogens is 286 g/mol. The lowest BCUT2D eigenvalue weighted by Gasteiger charge is -2.03. The van der Waals surface area contributed by atoms with Crippen molar-refractivity contribution in [3.8, 4) is 0 Å². The van der Waals surface area contributed by atoms with Crippen molar-refractivity contribution in [2.75, 3.05) is 0 Å². The lowest BCUT2D eigenvalue weighted by molar-refractivity contribution is 0.575. The largest absolute Gasteiger partial charge is 0.370 e. The normalized spacial score (nSPS) is 11.4. The van der Waals surface area contributed by atoms with Crippen LogP contribution >= 0.6 is 0 Å². The Morgan fingerprint density at radius 2 is 1.39 bits per heavy atom. The number of hydrogen-bond donors (Lipinski definition) is 3. The van der Waals surface area contributed by atoms with Gasteiger partial charge >= 0.3 is 0 Å². The second kappa shape index (κ2) is 11.5. The van der Waals surface area contributed by atoms with Crippen LogP contribution in [0.4, 0.5) is 5.69 Å². The molecule has 0 fully saturated rings. The maximum atomic E-state index is 5.60. The van der Waals surface area contributed by atoms with Crippen molar-refractivity contribution < 1.29 is 0 Å². The first-order valence-electron chi connectivity index (χ1n) is 8.64. The molecule has 1 aromatic carbocycles. The van der Waals surface area contributed by atoms with Gasteiger partial charge in [0.2, 0.25) is 5.96 Å². The summed E-state index contributed by atoms with van der Waals surface area (Å²) in [5.74, 6) is -0.0154. The van der Waals surface area contributed by atoms with Crippen LogP contribution in [0.25, 0.3) is 0 Å². The van der Waals surface area contributed by atoms with Crippen molar-refractivity contribution >= 4 is 17.6 Å². The van der Waals surface area contributed by atoms with E-state index in [1.54, 1.807) is 0 Å². The molecule has 1 rings (SSSR count). The highest BCUT2D eigenvalue weighted by Crippen LogP contribution is 2.16. The van der Waals surface area contributed by atoms with E-state index in [2.05, 4.69) is 29.0 Å². The molecule has 0 saturated heterocycles. The second-order valence-electron chi connectivity index (χ2n) is 5.90. The fourth-order valence-corrected chi connectivity index (χ4v) is 2.49. The van der Waals surface area contributed by atoms with E-state index in [1.807, 2.05) is 12.1 Å². The van der Waals surface area contributed by atoms with E-state index in [-0.39, 0.29) is 11.9 Å². The van der Waals surface area contributed by atoms with Gasteiger partial charge in [-0.15, -0.1) is 0 Å². The number of aliphatic imine (C=N–C) groups is 2. The zero-order valence-electron chi connectivity index (χ0n) is 14.3. The number of rotatable bonds is 10. The maximum Gasteiger partial charge on any atom is 0.223 e. The Morgan fingerprint density at radius 1 is 0.826 bits per heavy atom. The van der Waals surface area contributed by atoms with Gasteiger partial charge in [0.25, 0.3) is 0 Å². The molecule has 6 N–H and O–H groups in total. The third-order valence-electron chi connectivity index (χ3n) is 3.74. The summed E-state index contributed by atoms with van der Waals surface area (Å²) in [5, 5.41) is 0. The van der Waals surface area contributed by atoms with Gasteiger partial charge in [0.15, 0.2) is 5.96 Å². The average Bonchev–Trinajstić information content (AvgIpc) is 2.50. The predicted octanol–water partition coefficient (Wildman–Crippen LogP) is 3.59. The molecule has 0 heterocycles. The molecule has 5 heteroatoms. The summed E-state index contributed by atoms with van der Waals surface area (Å²) in [6.45, 7) is 2.26. The van der Waals surface area contributed by atoms with Crippen LogP contribution in [0.5, 0.6) is 0 Å². The van der Waals surface area contributed by atoms with Crippen LogP contribution in [0, 0.1) is 0 Å². The Labute approximate surface area is 140 Å². The number of guanidine groups is 2. The molecule has 0 unspecified atom stereocenters. The molecule has 0 aliphatic rings. The van der Waals surface area contributed by atoms with Gasteiger partial charge in [0.1, 0.15) is 0 Å². The summed E-state index contributed by atoms with van der Waals surface area (Å²) in [7, 11) is 0. The number of unbranched alkanes of at least 4 members (excludes halogenated alkanes) is 7. The first kappa shape index (κ1) is 19.0. The molecule has 0 radical (unpaired) electrons. The first-order valence-corrected chi connectivity index (χ1v) is 8.64. The van der Waals surface area contributed by atoms with Crippen LogP contribution in [0.15, 0.2) is 34.3 Å². The minimum absolute atomic E-state index is 0.0702. The van der Waals surface area contributed by atoms with Crippen LogP contribution in [-0.4, -0.2) is 11.9 Å². The van der Waals surface area contributed by atoms with Gasteiger partial charge in [-0.25, -0.2) is 4.99 Å². The Kier molecular flexibility index (Phi) is 9.52. The van der Waals surface area contributed by atoms with E-state index in [9.17, 15) is 0 Å². The minimum Gasteiger partial charge on any atom is -0.370 e. The first-order chi connectivity index (χ1) is 11.1. The summed E-state index contributed by atoms with van der Waals surface area (Å²) < 4.78 is 0. The fraction of sp³-hybridized carbons (Fsp3) is 0.556. The molecule has 0 aliphatic carbocycles. The number of nitrogens with zero attached hydrogens (tertiary/aromatic N) is 2. The number of hydrogen-bond acceptors (Lipinski definition) is 1. The van der Waals surface area contributed by atoms with Gasteiger partial charge in [0.05, 0.1) is 5.69 Å². The topological polar surface area (TPSA) is 103 Å². The van der Waals surface area contributed by atoms with Crippen LogP contribution < -0.4 is 17.2 Å². The molecule has 0 aliphatic heterocycles. The molecule has 23 heavy (non-hydrogen) atoms. The van der Waals surface area contributed by atoms with Crippen LogP contribution in [0.2, 0.25) is 0 Å². The van der Waals surface area contributed by atoms with Gasteiger partial charge in [0, 0.05) is 0 Å². The molecule has 0 aromatic heterocycles. The zero-order valence-corrected chi connectivity index (χ0v) is 14.3. The molecule has 1 aromatic rings. The smallest absolute Gasteiger partial charge is 0.223 e.